The average molecular weight is 344 g/mol. The number of nitrogens with one attached hydrogen (secondary N) is 1. The van der Waals surface area contributed by atoms with E-state index < -0.39 is 17.8 Å². The summed E-state index contributed by atoms with van der Waals surface area (Å²) >= 11 is 0. The molecule has 2 aromatic rings. The van der Waals surface area contributed by atoms with Crippen molar-refractivity contribution in [3.05, 3.63) is 29.6 Å². The predicted octanol–water partition coefficient (Wildman–Crippen LogP) is 2.17. The lowest BCUT2D eigenvalue weighted by Crippen LogP contribution is -2.36. The minimum absolute atomic E-state index is 0.200. The monoisotopic (exact) mass is 344 g/mol. The van der Waals surface area contributed by atoms with Crippen molar-refractivity contribution in [2.75, 3.05) is 27.2 Å². The van der Waals surface area contributed by atoms with Crippen molar-refractivity contribution in [2.24, 2.45) is 7.05 Å². The Bertz CT molecular complexity index is 696. The number of likely N-dealkylation sites (N-methyl/N-ethyl adjacent to an activating group) is 1. The van der Waals surface area contributed by atoms with Crippen molar-refractivity contribution in [1.29, 1.82) is 0 Å². The van der Waals surface area contributed by atoms with E-state index in [2.05, 4.69) is 10.3 Å². The maximum Gasteiger partial charge on any atom is 0.416 e. The van der Waals surface area contributed by atoms with Crippen LogP contribution in [0.1, 0.15) is 24.4 Å². The summed E-state index contributed by atoms with van der Waals surface area (Å²) in [6, 6.07) is 3.36. The van der Waals surface area contributed by atoms with E-state index in [4.69, 9.17) is 0 Å². The van der Waals surface area contributed by atoms with Crippen molar-refractivity contribution in [1.82, 2.24) is 19.8 Å². The molecule has 8 heteroatoms. The largest absolute Gasteiger partial charge is 0.416 e. The molecule has 0 fully saturated rings. The van der Waals surface area contributed by atoms with E-state index in [1.54, 1.807) is 11.6 Å². The standard InChI is InChI=1S/C16H23F3N4O/c1-10(20-8-12(24)9-22(2)3)15-21-13-7-11(16(17,18)19)5-6-14(13)23(15)4/h5-7,10,12,20,24H,8-9H2,1-4H3. The minimum Gasteiger partial charge on any atom is -0.390 e. The zero-order valence-electron chi connectivity index (χ0n) is 14.2. The van der Waals surface area contributed by atoms with Gasteiger partial charge in [0.15, 0.2) is 0 Å². The van der Waals surface area contributed by atoms with Crippen molar-refractivity contribution in [3.63, 3.8) is 0 Å². The Morgan fingerprint density at radius 1 is 1.33 bits per heavy atom. The highest BCUT2D eigenvalue weighted by molar-refractivity contribution is 5.77. The van der Waals surface area contributed by atoms with E-state index in [9.17, 15) is 18.3 Å². The number of aryl methyl sites for hydroxylation is 1. The third-order valence-electron chi connectivity index (χ3n) is 3.87. The molecule has 2 unspecified atom stereocenters. The van der Waals surface area contributed by atoms with Crippen LogP contribution in [0.15, 0.2) is 18.2 Å². The number of aliphatic hydroxyl groups is 1. The normalized spacial score (nSPS) is 15.2. The Balaban J connectivity index is 2.18. The molecule has 2 N–H and O–H groups in total. The van der Waals surface area contributed by atoms with Gasteiger partial charge in [0.25, 0.3) is 0 Å². The third kappa shape index (κ3) is 4.25. The number of halogens is 3. The number of alkyl halides is 3. The predicted molar refractivity (Wildman–Crippen MR) is 86.7 cm³/mol. The summed E-state index contributed by atoms with van der Waals surface area (Å²) in [7, 11) is 5.51. The number of aliphatic hydroxyl groups excluding tert-OH is 1. The van der Waals surface area contributed by atoms with Crippen LogP contribution in [0.4, 0.5) is 13.2 Å². The zero-order valence-corrected chi connectivity index (χ0v) is 14.2. The molecule has 0 bridgehead atoms. The van der Waals surface area contributed by atoms with Crippen molar-refractivity contribution in [3.8, 4) is 0 Å². The molecule has 0 radical (unpaired) electrons. The maximum atomic E-state index is 12.8. The van der Waals surface area contributed by atoms with Gasteiger partial charge in [-0.2, -0.15) is 13.2 Å². The fraction of sp³-hybridized carbons (Fsp3) is 0.562. The van der Waals surface area contributed by atoms with Gasteiger partial charge in [-0.3, -0.25) is 0 Å². The molecule has 2 rings (SSSR count). The van der Waals surface area contributed by atoms with Gasteiger partial charge >= 0.3 is 6.18 Å². The summed E-state index contributed by atoms with van der Waals surface area (Å²) in [4.78, 5) is 6.21. The first-order valence-electron chi connectivity index (χ1n) is 7.69. The van der Waals surface area contributed by atoms with Crippen molar-refractivity contribution >= 4 is 11.0 Å². The Labute approximate surface area is 139 Å². The van der Waals surface area contributed by atoms with Crippen molar-refractivity contribution in [2.45, 2.75) is 25.2 Å². The number of nitrogens with zero attached hydrogens (tertiary/aromatic N) is 3. The highest BCUT2D eigenvalue weighted by atomic mass is 19.4. The van der Waals surface area contributed by atoms with Gasteiger partial charge in [-0.1, -0.05) is 0 Å². The molecule has 0 aliphatic heterocycles. The summed E-state index contributed by atoms with van der Waals surface area (Å²) in [5, 5.41) is 13.1. The molecular formula is C16H23F3N4O. The SMILES string of the molecule is CC(NCC(O)CN(C)C)c1nc2cc(C(F)(F)F)ccc2n1C. The van der Waals surface area contributed by atoms with Crippen LogP contribution in [0.2, 0.25) is 0 Å². The van der Waals surface area contributed by atoms with Gasteiger partial charge in [0.2, 0.25) is 0 Å². The van der Waals surface area contributed by atoms with Gasteiger partial charge in [0.1, 0.15) is 5.82 Å². The number of hydrogen-bond acceptors (Lipinski definition) is 4. The minimum atomic E-state index is -4.38. The molecule has 134 valence electrons. The van der Waals surface area contributed by atoms with Crippen LogP contribution >= 0.6 is 0 Å². The molecule has 0 aliphatic carbocycles. The molecule has 0 amide bonds. The number of benzene rings is 1. The van der Waals surface area contributed by atoms with Gasteiger partial charge < -0.3 is 19.9 Å². The molecule has 1 heterocycles. The lowest BCUT2D eigenvalue weighted by Gasteiger charge is -2.19. The van der Waals surface area contributed by atoms with E-state index >= 15 is 0 Å². The Hall–Kier alpha value is -1.64. The lowest BCUT2D eigenvalue weighted by atomic mass is 10.2. The van der Waals surface area contributed by atoms with E-state index in [-0.39, 0.29) is 6.04 Å². The Kier molecular flexibility index (Phi) is 5.52. The zero-order chi connectivity index (χ0) is 18.1. The van der Waals surface area contributed by atoms with Crippen LogP contribution in [-0.2, 0) is 13.2 Å². The van der Waals surface area contributed by atoms with Crippen LogP contribution in [0, 0.1) is 0 Å². The van der Waals surface area contributed by atoms with Gasteiger partial charge in [-0.05, 0) is 39.2 Å². The third-order valence-corrected chi connectivity index (χ3v) is 3.87. The summed E-state index contributed by atoms with van der Waals surface area (Å²) in [5.41, 5.74) is 0.243. The lowest BCUT2D eigenvalue weighted by molar-refractivity contribution is -0.137. The first-order valence-corrected chi connectivity index (χ1v) is 7.69. The molecule has 1 aromatic carbocycles. The number of fused-ring (bicyclic) bond motifs is 1. The number of aromatic nitrogens is 2. The number of hydrogen-bond donors (Lipinski definition) is 2. The molecule has 0 saturated carbocycles. The van der Waals surface area contributed by atoms with Gasteiger partial charge in [-0.15, -0.1) is 0 Å². The average Bonchev–Trinajstić information content (AvgIpc) is 2.80. The smallest absolute Gasteiger partial charge is 0.390 e. The van der Waals surface area contributed by atoms with Crippen LogP contribution in [-0.4, -0.2) is 52.8 Å². The van der Waals surface area contributed by atoms with Gasteiger partial charge in [-0.25, -0.2) is 4.98 Å². The fourth-order valence-electron chi connectivity index (χ4n) is 2.67. The summed E-state index contributed by atoms with van der Waals surface area (Å²) in [5.74, 6) is 0.626. The fourth-order valence-corrected chi connectivity index (χ4v) is 2.67. The number of imidazole rings is 1. The molecule has 0 saturated heterocycles. The van der Waals surface area contributed by atoms with E-state index in [1.165, 1.54) is 6.07 Å². The highest BCUT2D eigenvalue weighted by Gasteiger charge is 2.31. The summed E-state index contributed by atoms with van der Waals surface area (Å²) < 4.78 is 40.2. The van der Waals surface area contributed by atoms with Crippen LogP contribution in [0.3, 0.4) is 0 Å². The highest BCUT2D eigenvalue weighted by Crippen LogP contribution is 2.31. The topological polar surface area (TPSA) is 53.3 Å². The van der Waals surface area contributed by atoms with E-state index in [1.807, 2.05) is 25.9 Å². The van der Waals surface area contributed by atoms with Gasteiger partial charge in [0.05, 0.1) is 28.7 Å². The quantitative estimate of drug-likeness (QED) is 0.843. The summed E-state index contributed by atoms with van der Waals surface area (Å²) in [6.45, 7) is 2.77. The molecule has 24 heavy (non-hydrogen) atoms. The maximum absolute atomic E-state index is 12.8. The molecule has 0 spiro atoms. The Morgan fingerprint density at radius 2 is 2.00 bits per heavy atom. The Morgan fingerprint density at radius 3 is 2.58 bits per heavy atom. The first-order chi connectivity index (χ1) is 11.1. The molecule has 0 aliphatic rings. The second kappa shape index (κ2) is 7.08. The second-order valence-electron chi connectivity index (χ2n) is 6.28. The molecule has 5 nitrogen and oxygen atoms in total. The van der Waals surface area contributed by atoms with Gasteiger partial charge in [0, 0.05) is 20.1 Å². The molecular weight excluding hydrogens is 321 g/mol. The van der Waals surface area contributed by atoms with E-state index in [0.717, 1.165) is 12.1 Å². The summed E-state index contributed by atoms with van der Waals surface area (Å²) in [6.07, 6.45) is -4.92. The van der Waals surface area contributed by atoms with E-state index in [0.29, 0.717) is 29.9 Å². The van der Waals surface area contributed by atoms with Crippen LogP contribution in [0.5, 0.6) is 0 Å². The van der Waals surface area contributed by atoms with Crippen LogP contribution in [0.25, 0.3) is 11.0 Å². The molecule has 2 atom stereocenters. The molecule has 1 aromatic heterocycles. The first kappa shape index (κ1) is 18.7. The second-order valence-corrected chi connectivity index (χ2v) is 6.28. The van der Waals surface area contributed by atoms with Crippen LogP contribution < -0.4 is 5.32 Å². The van der Waals surface area contributed by atoms with Crippen molar-refractivity contribution < 1.29 is 18.3 Å². The number of rotatable bonds is 6.